The summed E-state index contributed by atoms with van der Waals surface area (Å²) in [5.41, 5.74) is -0.0714. The maximum absolute atomic E-state index is 13.0. The molecule has 1 saturated heterocycles. The number of pyridine rings is 2. The third kappa shape index (κ3) is 5.23. The molecule has 1 aromatic carbocycles. The highest BCUT2D eigenvalue weighted by Gasteiger charge is 2.31. The van der Waals surface area contributed by atoms with Crippen molar-refractivity contribution in [3.63, 3.8) is 0 Å². The number of aromatic nitrogens is 2. The van der Waals surface area contributed by atoms with Crippen LogP contribution in [0.3, 0.4) is 0 Å². The van der Waals surface area contributed by atoms with Gasteiger partial charge in [-0.1, -0.05) is 6.07 Å². The van der Waals surface area contributed by atoms with E-state index in [-0.39, 0.29) is 42.5 Å². The van der Waals surface area contributed by atoms with Crippen molar-refractivity contribution >= 4 is 16.8 Å². The number of carbonyl (C=O) groups is 1. The van der Waals surface area contributed by atoms with E-state index in [1.807, 2.05) is 0 Å². The lowest BCUT2D eigenvalue weighted by Gasteiger charge is -2.36. The second kappa shape index (κ2) is 9.32. The van der Waals surface area contributed by atoms with Gasteiger partial charge in [-0.2, -0.15) is 13.2 Å². The standard InChI is InChI=1S/C23H22F3N3O4/c24-23(25,26)17-2-6-21(27-9-17)33-18-3-5-19-16(8-18)1-4-20(28-19)22(32)29-10-14(12-30)7-15(11-29)13-31/h1-6,8-9,14-15,30-31H,7,10-13H2/t14-,15+. The smallest absolute Gasteiger partial charge is 0.417 e. The number of benzene rings is 1. The molecule has 0 saturated carbocycles. The predicted molar refractivity (Wildman–Crippen MR) is 113 cm³/mol. The number of likely N-dealkylation sites (tertiary alicyclic amines) is 1. The molecule has 33 heavy (non-hydrogen) atoms. The highest BCUT2D eigenvalue weighted by Crippen LogP contribution is 2.31. The van der Waals surface area contributed by atoms with Crippen molar-refractivity contribution in [2.75, 3.05) is 26.3 Å². The molecule has 0 bridgehead atoms. The number of nitrogens with zero attached hydrogens (tertiary/aromatic N) is 3. The maximum Gasteiger partial charge on any atom is 0.417 e. The second-order valence-corrected chi connectivity index (χ2v) is 8.08. The molecule has 2 atom stereocenters. The summed E-state index contributed by atoms with van der Waals surface area (Å²) in [5, 5.41) is 19.7. The van der Waals surface area contributed by atoms with Gasteiger partial charge in [-0.3, -0.25) is 4.79 Å². The first kappa shape index (κ1) is 22.9. The van der Waals surface area contributed by atoms with E-state index in [0.717, 1.165) is 12.1 Å². The van der Waals surface area contributed by atoms with Gasteiger partial charge in [0.25, 0.3) is 5.91 Å². The Labute approximate surface area is 187 Å². The van der Waals surface area contributed by atoms with Crippen LogP contribution in [0.2, 0.25) is 0 Å². The zero-order valence-electron chi connectivity index (χ0n) is 17.5. The quantitative estimate of drug-likeness (QED) is 0.604. The Bertz CT molecular complexity index is 1130. The lowest BCUT2D eigenvalue weighted by atomic mass is 9.90. The van der Waals surface area contributed by atoms with Gasteiger partial charge in [0, 0.05) is 55.8 Å². The maximum atomic E-state index is 13.0. The summed E-state index contributed by atoms with van der Waals surface area (Å²) in [6.07, 6.45) is -3.10. The molecule has 1 fully saturated rings. The van der Waals surface area contributed by atoms with Crippen molar-refractivity contribution in [2.24, 2.45) is 11.8 Å². The van der Waals surface area contributed by atoms with Gasteiger partial charge in [0.1, 0.15) is 11.4 Å². The number of ether oxygens (including phenoxy) is 1. The molecule has 2 aromatic heterocycles. The van der Waals surface area contributed by atoms with Crippen molar-refractivity contribution < 1.29 is 32.9 Å². The molecule has 7 nitrogen and oxygen atoms in total. The van der Waals surface area contributed by atoms with E-state index in [1.54, 1.807) is 35.2 Å². The van der Waals surface area contributed by atoms with Crippen LogP contribution in [0.1, 0.15) is 22.5 Å². The summed E-state index contributed by atoms with van der Waals surface area (Å²) in [4.78, 5) is 22.7. The minimum atomic E-state index is -4.47. The largest absolute Gasteiger partial charge is 0.439 e. The molecular weight excluding hydrogens is 439 g/mol. The zero-order valence-corrected chi connectivity index (χ0v) is 17.5. The lowest BCUT2D eigenvalue weighted by molar-refractivity contribution is -0.137. The summed E-state index contributed by atoms with van der Waals surface area (Å²) in [6, 6.07) is 10.2. The van der Waals surface area contributed by atoms with Crippen LogP contribution in [-0.4, -0.2) is 57.3 Å². The van der Waals surface area contributed by atoms with E-state index in [4.69, 9.17) is 4.74 Å². The van der Waals surface area contributed by atoms with Crippen LogP contribution in [0.25, 0.3) is 10.9 Å². The highest BCUT2D eigenvalue weighted by molar-refractivity contribution is 5.95. The number of aliphatic hydroxyl groups excluding tert-OH is 2. The molecule has 3 aromatic rings. The molecule has 0 radical (unpaired) electrons. The number of rotatable bonds is 5. The molecule has 0 spiro atoms. The SMILES string of the molecule is O=C(c1ccc2cc(Oc3ccc(C(F)(F)F)cn3)ccc2n1)N1C[C@H](CO)C[C@H](CO)C1. The number of piperidine rings is 1. The van der Waals surface area contributed by atoms with Crippen LogP contribution in [0, 0.1) is 11.8 Å². The third-order valence-corrected chi connectivity index (χ3v) is 5.59. The topological polar surface area (TPSA) is 95.8 Å². The van der Waals surface area contributed by atoms with Crippen molar-refractivity contribution in [1.82, 2.24) is 14.9 Å². The number of fused-ring (bicyclic) bond motifs is 1. The summed E-state index contributed by atoms with van der Waals surface area (Å²) in [6.45, 7) is 0.695. The molecule has 10 heteroatoms. The third-order valence-electron chi connectivity index (χ3n) is 5.59. The number of hydrogen-bond donors (Lipinski definition) is 2. The summed E-state index contributed by atoms with van der Waals surface area (Å²) >= 11 is 0. The van der Waals surface area contributed by atoms with Crippen molar-refractivity contribution in [1.29, 1.82) is 0 Å². The van der Waals surface area contributed by atoms with Gasteiger partial charge in [-0.15, -0.1) is 0 Å². The highest BCUT2D eigenvalue weighted by atomic mass is 19.4. The molecule has 174 valence electrons. The molecule has 0 unspecified atom stereocenters. The first-order chi connectivity index (χ1) is 15.8. The minimum Gasteiger partial charge on any atom is -0.439 e. The molecule has 4 rings (SSSR count). The Morgan fingerprint density at radius 1 is 1.06 bits per heavy atom. The number of hydrogen-bond acceptors (Lipinski definition) is 6. The number of carbonyl (C=O) groups excluding carboxylic acids is 1. The summed E-state index contributed by atoms with van der Waals surface area (Å²) in [5.74, 6) is -0.0623. The number of amides is 1. The van der Waals surface area contributed by atoms with E-state index < -0.39 is 11.7 Å². The van der Waals surface area contributed by atoms with Crippen LogP contribution >= 0.6 is 0 Å². The van der Waals surface area contributed by atoms with Gasteiger partial charge < -0.3 is 19.8 Å². The van der Waals surface area contributed by atoms with Gasteiger partial charge in [0.05, 0.1) is 11.1 Å². The van der Waals surface area contributed by atoms with Crippen LogP contribution < -0.4 is 4.74 Å². The number of alkyl halides is 3. The van der Waals surface area contributed by atoms with E-state index >= 15 is 0 Å². The molecular formula is C23H22F3N3O4. The Morgan fingerprint density at radius 3 is 2.39 bits per heavy atom. The number of aliphatic hydroxyl groups is 2. The van der Waals surface area contributed by atoms with Crippen molar-refractivity contribution in [3.05, 3.63) is 59.9 Å². The summed E-state index contributed by atoms with van der Waals surface area (Å²) < 4.78 is 43.5. The van der Waals surface area contributed by atoms with Crippen LogP contribution in [0.4, 0.5) is 13.2 Å². The average molecular weight is 461 g/mol. The van der Waals surface area contributed by atoms with Gasteiger partial charge in [0.2, 0.25) is 5.88 Å². The van der Waals surface area contributed by atoms with E-state index in [9.17, 15) is 28.2 Å². The Balaban J connectivity index is 1.50. The summed E-state index contributed by atoms with van der Waals surface area (Å²) in [7, 11) is 0. The fourth-order valence-electron chi connectivity index (χ4n) is 3.93. The molecule has 0 aliphatic carbocycles. The Kier molecular flexibility index (Phi) is 6.48. The van der Waals surface area contributed by atoms with Crippen LogP contribution in [0.5, 0.6) is 11.6 Å². The van der Waals surface area contributed by atoms with Crippen LogP contribution in [0.15, 0.2) is 48.7 Å². The molecule has 1 aliphatic heterocycles. The van der Waals surface area contributed by atoms with E-state index in [0.29, 0.717) is 42.4 Å². The van der Waals surface area contributed by atoms with Gasteiger partial charge in [0.15, 0.2) is 0 Å². The van der Waals surface area contributed by atoms with Gasteiger partial charge in [-0.25, -0.2) is 9.97 Å². The fourth-order valence-corrected chi connectivity index (χ4v) is 3.93. The first-order valence-electron chi connectivity index (χ1n) is 10.4. The normalized spacial score (nSPS) is 19.0. The zero-order chi connectivity index (χ0) is 23.6. The Morgan fingerprint density at radius 2 is 1.79 bits per heavy atom. The Hall–Kier alpha value is -3.24. The molecule has 1 aliphatic rings. The molecule has 1 amide bonds. The predicted octanol–water partition coefficient (Wildman–Crippen LogP) is 3.50. The lowest BCUT2D eigenvalue weighted by Crippen LogP contribution is -2.46. The fraction of sp³-hybridized carbons (Fsp3) is 0.348. The number of halogens is 3. The molecule has 2 N–H and O–H groups in total. The van der Waals surface area contributed by atoms with E-state index in [1.165, 1.54) is 0 Å². The monoisotopic (exact) mass is 461 g/mol. The van der Waals surface area contributed by atoms with Crippen molar-refractivity contribution in [3.8, 4) is 11.6 Å². The second-order valence-electron chi connectivity index (χ2n) is 8.08. The van der Waals surface area contributed by atoms with E-state index in [2.05, 4.69) is 9.97 Å². The average Bonchev–Trinajstić information content (AvgIpc) is 2.82. The first-order valence-corrected chi connectivity index (χ1v) is 10.4. The minimum absolute atomic E-state index is 0.0177. The van der Waals surface area contributed by atoms with Crippen LogP contribution in [-0.2, 0) is 6.18 Å². The van der Waals surface area contributed by atoms with Crippen molar-refractivity contribution in [2.45, 2.75) is 12.6 Å². The van der Waals surface area contributed by atoms with Gasteiger partial charge in [-0.05, 0) is 36.8 Å². The van der Waals surface area contributed by atoms with Gasteiger partial charge >= 0.3 is 6.18 Å². The molecule has 3 heterocycles.